The van der Waals surface area contributed by atoms with Gasteiger partial charge in [0.05, 0.1) is 39.6 Å². The van der Waals surface area contributed by atoms with Gasteiger partial charge in [-0.1, -0.05) is 41.9 Å². The maximum atomic E-state index is 10.9. The molecular formula is C24H42B16BrN2O8-. The first-order valence-electron chi connectivity index (χ1n) is 16.0. The molecule has 51 heavy (non-hydrogen) atoms. The summed E-state index contributed by atoms with van der Waals surface area (Å²) in [5.74, 6) is -1.43. The van der Waals surface area contributed by atoms with Gasteiger partial charge in [-0.25, -0.2) is 14.4 Å². The second kappa shape index (κ2) is 37.3. The second-order valence-electron chi connectivity index (χ2n) is 10.1. The zero-order valence-corrected chi connectivity index (χ0v) is 31.0. The summed E-state index contributed by atoms with van der Waals surface area (Å²) in [6.45, 7) is 12.7. The highest BCUT2D eigenvalue weighted by atomic mass is 79.9. The molecule has 0 aromatic carbocycles. The number of hydrogen-bond donors (Lipinski definition) is 1. The molecule has 2 fully saturated rings. The van der Waals surface area contributed by atoms with Crippen LogP contribution >= 0.6 is 15.9 Å². The maximum Gasteiger partial charge on any atom is 0.330 e. The number of nitrogens with zero attached hydrogens (tertiary/aromatic N) is 2. The van der Waals surface area contributed by atoms with Crippen molar-refractivity contribution in [3.05, 3.63) is 36.5 Å². The molecule has 2 saturated heterocycles. The van der Waals surface area contributed by atoms with Crippen molar-refractivity contribution in [2.45, 2.75) is 13.8 Å². The summed E-state index contributed by atoms with van der Waals surface area (Å²) in [5, 5.41) is 9.00. The van der Waals surface area contributed by atoms with E-state index in [1.54, 1.807) is 26.0 Å². The van der Waals surface area contributed by atoms with Gasteiger partial charge in [0, 0.05) is 121 Å². The van der Waals surface area contributed by atoms with Crippen molar-refractivity contribution in [3.63, 3.8) is 0 Å². The van der Waals surface area contributed by atoms with Gasteiger partial charge in [-0.2, -0.15) is 0 Å². The Bertz CT molecular complexity index is 930. The molecule has 2 aliphatic rings. The SMILES string of the molecule is CCOC(=O)/C=C/CBr.CCOC(=O)/C=C/CN1CCOCC1.O=C(O)/C=C/CN1CCOCC1.[B]B([B])B([B])B([B])[BH3-].[B]B([B])B([B])B([B])[B]. The van der Waals surface area contributed by atoms with Crippen molar-refractivity contribution in [3.8, 4) is 0 Å². The van der Waals surface area contributed by atoms with E-state index in [1.165, 1.54) is 18.2 Å². The highest BCUT2D eigenvalue weighted by molar-refractivity contribution is 9.09. The number of hydrogen-bond acceptors (Lipinski definition) is 9. The van der Waals surface area contributed by atoms with Gasteiger partial charge in [0.25, 0.3) is 0 Å². The van der Waals surface area contributed by atoms with Crippen LogP contribution in [0.5, 0.6) is 0 Å². The van der Waals surface area contributed by atoms with Crippen molar-refractivity contribution in [2.75, 3.05) is 84.2 Å². The number of allylic oxidation sites excluding steroid dienone is 1. The highest BCUT2D eigenvalue weighted by Crippen LogP contribution is 1.97. The predicted molar refractivity (Wildman–Crippen MR) is 233 cm³/mol. The van der Waals surface area contributed by atoms with Crippen molar-refractivity contribution in [2.24, 2.45) is 0 Å². The summed E-state index contributed by atoms with van der Waals surface area (Å²) >= 11 is 3.13. The molecule has 0 saturated carbocycles. The van der Waals surface area contributed by atoms with Gasteiger partial charge >= 0.3 is 17.9 Å². The molecule has 1 N–H and O–H groups in total. The van der Waals surface area contributed by atoms with Gasteiger partial charge in [0.15, 0.2) is 0 Å². The number of carbonyl (C=O) groups excluding carboxylic acids is 2. The monoisotopic (exact) mass is 741 g/mol. The quantitative estimate of drug-likeness (QED) is 0.0805. The van der Waals surface area contributed by atoms with Crippen LogP contribution in [0, 0.1) is 0 Å². The number of carbonyl (C=O) groups is 3. The normalized spacial score (nSPS) is 14.1. The lowest BCUT2D eigenvalue weighted by atomic mass is 8.68. The fourth-order valence-electron chi connectivity index (χ4n) is 3.07. The molecule has 0 aromatic rings. The first kappa shape index (κ1) is 54.3. The first-order valence-corrected chi connectivity index (χ1v) is 17.1. The van der Waals surface area contributed by atoms with E-state index in [0.29, 0.717) is 25.1 Å². The molecule has 0 aliphatic carbocycles. The molecule has 0 amide bonds. The minimum Gasteiger partial charge on any atom is -0.478 e. The van der Waals surface area contributed by atoms with E-state index >= 15 is 0 Å². The molecule has 2 aliphatic heterocycles. The molecule has 0 unspecified atom stereocenters. The Morgan fingerprint density at radius 3 is 1.29 bits per heavy atom. The fourth-order valence-corrected chi connectivity index (χ4v) is 3.26. The zero-order chi connectivity index (χ0) is 39.6. The fraction of sp³-hybridized carbons (Fsp3) is 0.625. The number of esters is 2. The van der Waals surface area contributed by atoms with Crippen LogP contribution in [0.2, 0.25) is 0 Å². The topological polar surface area (TPSA) is 115 Å². The number of halogens is 1. The Balaban J connectivity index is -0.000000577. The molecule has 27 heteroatoms. The Morgan fingerprint density at radius 1 is 0.686 bits per heavy atom. The summed E-state index contributed by atoms with van der Waals surface area (Å²) in [6.07, 6.45) is 6.97. The van der Waals surface area contributed by atoms with Crippen LogP contribution in [0.15, 0.2) is 36.5 Å². The van der Waals surface area contributed by atoms with Crippen LogP contribution in [-0.4, -0.2) is 233 Å². The average molecular weight is 740 g/mol. The summed E-state index contributed by atoms with van der Waals surface area (Å²) < 4.78 is 19.7. The van der Waals surface area contributed by atoms with Crippen LogP contribution in [-0.2, 0) is 33.3 Å². The number of aliphatic carboxylic acids is 1. The second-order valence-corrected chi connectivity index (χ2v) is 10.8. The summed E-state index contributed by atoms with van der Waals surface area (Å²) in [6, 6.07) is 0. The van der Waals surface area contributed by atoms with Gasteiger partial charge in [-0.15, -0.1) is 6.39 Å². The smallest absolute Gasteiger partial charge is 0.330 e. The highest BCUT2D eigenvalue weighted by Gasteiger charge is 2.14. The molecule has 252 valence electrons. The van der Waals surface area contributed by atoms with Gasteiger partial charge in [0.1, 0.15) is 0 Å². The van der Waals surface area contributed by atoms with Crippen molar-refractivity contribution >= 4 is 150 Å². The number of alkyl halides is 1. The molecule has 0 aromatic heterocycles. The van der Waals surface area contributed by atoms with Gasteiger partial charge in [-0.3, -0.25) is 9.80 Å². The lowest BCUT2D eigenvalue weighted by Gasteiger charge is -2.24. The standard InChI is InChI=1S/C10H17NO3.C8H13NO3.C6H9BrO2.B8H3.B8/c1-2-14-10(12)4-3-5-11-6-8-13-9-7-11;10-8(11)2-1-3-9-4-6-12-7-5-9;1-2-9-6(8)4-3-5-7;2*1-6(2)8(5)7(3)4/h3-4H,2,5-9H2,1H3;1-2H,3-7H2,(H,10,11);3-4H,2,5H2,1H3;1H3;/q;;;-1;/b4-3+;2-1+;4-3+;;. The van der Waals surface area contributed by atoms with Crippen molar-refractivity contribution < 1.29 is 38.4 Å². The van der Waals surface area contributed by atoms with E-state index in [2.05, 4.69) is 30.5 Å². The lowest BCUT2D eigenvalue weighted by Crippen LogP contribution is -2.52. The third kappa shape index (κ3) is 38.5. The van der Waals surface area contributed by atoms with E-state index in [9.17, 15) is 14.4 Å². The number of morpholine rings is 2. The molecule has 2 heterocycles. The van der Waals surface area contributed by atoms with Gasteiger partial charge < -0.3 is 24.1 Å². The molecule has 2 rings (SSSR count). The van der Waals surface area contributed by atoms with Gasteiger partial charge in [0.2, 0.25) is 0 Å². The summed E-state index contributed by atoms with van der Waals surface area (Å²) in [5.41, 5.74) is 0. The Hall–Kier alpha value is -1.01. The summed E-state index contributed by atoms with van der Waals surface area (Å²) in [7, 11) is 47.3. The molecule has 18 radical (unpaired) electrons. The van der Waals surface area contributed by atoms with Crippen LogP contribution in [0.3, 0.4) is 0 Å². The number of carboxylic acids is 1. The molecule has 0 bridgehead atoms. The molecular weight excluding hydrogens is 697 g/mol. The van der Waals surface area contributed by atoms with E-state index in [0.717, 1.165) is 59.2 Å². The average Bonchev–Trinajstić information content (AvgIpc) is 3.08. The number of carboxylic acid groups (broad SMARTS) is 1. The molecule has 0 atom stereocenters. The van der Waals surface area contributed by atoms with Crippen molar-refractivity contribution in [1.82, 2.24) is 9.80 Å². The van der Waals surface area contributed by atoms with Crippen LogP contribution in [0.25, 0.3) is 0 Å². The Morgan fingerprint density at radius 2 is 1.04 bits per heavy atom. The van der Waals surface area contributed by atoms with E-state index < -0.39 is 31.5 Å². The largest absolute Gasteiger partial charge is 0.478 e. The minimum absolute atomic E-state index is 0.0980. The van der Waals surface area contributed by atoms with Crippen molar-refractivity contribution in [1.29, 1.82) is 0 Å². The third-order valence-corrected chi connectivity index (χ3v) is 6.29. The minimum atomic E-state index is -0.886. The molecule has 10 nitrogen and oxygen atoms in total. The van der Waals surface area contributed by atoms with E-state index in [1.807, 2.05) is 6.08 Å². The van der Waals surface area contributed by atoms with Crippen LogP contribution in [0.1, 0.15) is 13.8 Å². The maximum absolute atomic E-state index is 10.9. The van der Waals surface area contributed by atoms with E-state index in [-0.39, 0.29) is 32.4 Å². The third-order valence-electron chi connectivity index (χ3n) is 5.92. The van der Waals surface area contributed by atoms with Gasteiger partial charge in [-0.05, 0) is 57.6 Å². The predicted octanol–water partition coefficient (Wildman–Crippen LogP) is -5.00. The Labute approximate surface area is 330 Å². The molecule has 0 spiro atoms. The number of rotatable bonds is 14. The zero-order valence-electron chi connectivity index (χ0n) is 29.4. The van der Waals surface area contributed by atoms with Crippen LogP contribution < -0.4 is 0 Å². The number of ether oxygens (including phenoxy) is 4. The first-order chi connectivity index (χ1) is 24.0. The summed E-state index contributed by atoms with van der Waals surface area (Å²) in [4.78, 5) is 35.9. The van der Waals surface area contributed by atoms with E-state index in [4.69, 9.17) is 89.0 Å². The Kier molecular flexibility index (Phi) is 39.8. The van der Waals surface area contributed by atoms with Crippen LogP contribution in [0.4, 0.5) is 0 Å². The lowest BCUT2D eigenvalue weighted by molar-refractivity contribution is -0.138.